The molecule has 5 nitrogen and oxygen atoms in total. The Labute approximate surface area is 229 Å². The summed E-state index contributed by atoms with van der Waals surface area (Å²) in [4.78, 5) is 29.0. The number of hydrogen-bond acceptors (Lipinski definition) is 3. The van der Waals surface area contributed by atoms with E-state index in [-0.39, 0.29) is 24.5 Å². The molecule has 37 heavy (non-hydrogen) atoms. The number of rotatable bonds is 12. The van der Waals surface area contributed by atoms with Gasteiger partial charge in [-0.3, -0.25) is 9.59 Å². The second-order valence-corrected chi connectivity index (χ2v) is 10.3. The lowest BCUT2D eigenvalue weighted by atomic mass is 10.0. The van der Waals surface area contributed by atoms with Crippen LogP contribution < -0.4 is 10.1 Å². The van der Waals surface area contributed by atoms with E-state index in [0.29, 0.717) is 18.7 Å². The zero-order chi connectivity index (χ0) is 26.8. The first kappa shape index (κ1) is 28.5. The molecule has 0 aliphatic carbocycles. The third-order valence-electron chi connectivity index (χ3n) is 6.46. The van der Waals surface area contributed by atoms with Crippen molar-refractivity contribution in [1.82, 2.24) is 10.2 Å². The van der Waals surface area contributed by atoms with Crippen LogP contribution in [0.4, 0.5) is 0 Å². The lowest BCUT2D eigenvalue weighted by Crippen LogP contribution is -2.53. The van der Waals surface area contributed by atoms with Gasteiger partial charge in [-0.05, 0) is 71.4 Å². The normalized spacial score (nSPS) is 12.5. The Kier molecular flexibility index (Phi) is 10.8. The molecule has 0 fully saturated rings. The molecule has 6 heteroatoms. The topological polar surface area (TPSA) is 58.6 Å². The minimum atomic E-state index is -0.682. The van der Waals surface area contributed by atoms with Gasteiger partial charge in [0.15, 0.2) is 6.61 Å². The van der Waals surface area contributed by atoms with Gasteiger partial charge >= 0.3 is 0 Å². The summed E-state index contributed by atoms with van der Waals surface area (Å²) in [5.74, 6) is 0.200. The van der Waals surface area contributed by atoms with E-state index in [1.54, 1.807) is 4.90 Å². The average Bonchev–Trinajstić information content (AvgIpc) is 2.90. The number of halogens is 1. The molecular weight excluding hydrogens is 528 g/mol. The van der Waals surface area contributed by atoms with Gasteiger partial charge in [0.05, 0.1) is 4.47 Å². The predicted octanol–water partition coefficient (Wildman–Crippen LogP) is 6.25. The maximum Gasteiger partial charge on any atom is 0.261 e. The van der Waals surface area contributed by atoms with Crippen LogP contribution in [-0.4, -0.2) is 35.4 Å². The Morgan fingerprint density at radius 1 is 0.946 bits per heavy atom. The van der Waals surface area contributed by atoms with Crippen molar-refractivity contribution in [3.63, 3.8) is 0 Å². The summed E-state index contributed by atoms with van der Waals surface area (Å²) in [6.45, 7) is 8.26. The molecule has 196 valence electrons. The van der Waals surface area contributed by atoms with Crippen molar-refractivity contribution in [2.24, 2.45) is 0 Å². The molecule has 3 aromatic carbocycles. The van der Waals surface area contributed by atoms with E-state index >= 15 is 0 Å². The average molecular weight is 566 g/mol. The van der Waals surface area contributed by atoms with E-state index in [2.05, 4.69) is 28.2 Å². The molecule has 0 heterocycles. The van der Waals surface area contributed by atoms with E-state index in [9.17, 15) is 9.59 Å². The lowest BCUT2D eigenvalue weighted by molar-refractivity contribution is -0.143. The van der Waals surface area contributed by atoms with Crippen LogP contribution in [0.25, 0.3) is 0 Å². The van der Waals surface area contributed by atoms with Crippen molar-refractivity contribution in [2.45, 2.75) is 65.6 Å². The largest absolute Gasteiger partial charge is 0.483 e. The van der Waals surface area contributed by atoms with Crippen LogP contribution >= 0.6 is 15.9 Å². The highest BCUT2D eigenvalue weighted by Crippen LogP contribution is 2.26. The summed E-state index contributed by atoms with van der Waals surface area (Å²) in [6, 6.07) is 23.0. The van der Waals surface area contributed by atoms with Crippen molar-refractivity contribution in [1.29, 1.82) is 0 Å². The number of nitrogens with one attached hydrogen (secondary N) is 1. The fourth-order valence-electron chi connectivity index (χ4n) is 4.11. The van der Waals surface area contributed by atoms with Crippen molar-refractivity contribution < 1.29 is 14.3 Å². The molecule has 0 aliphatic rings. The molecule has 0 saturated heterocycles. The van der Waals surface area contributed by atoms with E-state index < -0.39 is 6.04 Å². The van der Waals surface area contributed by atoms with Crippen LogP contribution in [0, 0.1) is 6.92 Å². The van der Waals surface area contributed by atoms with E-state index in [0.717, 1.165) is 34.0 Å². The standard InChI is InChI=1S/C31H37BrN2O3/c1-5-23(4)33-31(36)28(19-25-12-8-7-9-13-25)34(20-26-14-10-11-22(3)17-26)30(35)21-37-29-16-15-24(6-2)18-27(29)32/h7-18,23,28H,5-6,19-21H2,1-4H3,(H,33,36)/t23-,28-/m1/s1. The van der Waals surface area contributed by atoms with Crippen LogP contribution in [0.2, 0.25) is 0 Å². The number of benzene rings is 3. The van der Waals surface area contributed by atoms with Crippen LogP contribution in [0.1, 0.15) is 49.4 Å². The number of carbonyl (C=O) groups is 2. The van der Waals surface area contributed by atoms with Crippen molar-refractivity contribution in [2.75, 3.05) is 6.61 Å². The van der Waals surface area contributed by atoms with Crippen LogP contribution in [0.15, 0.2) is 77.3 Å². The molecule has 1 N–H and O–H groups in total. The minimum absolute atomic E-state index is 0.00554. The smallest absolute Gasteiger partial charge is 0.261 e. The zero-order valence-corrected chi connectivity index (χ0v) is 23.8. The Morgan fingerprint density at radius 3 is 2.32 bits per heavy atom. The van der Waals surface area contributed by atoms with Gasteiger partial charge in [-0.1, -0.05) is 80.1 Å². The summed E-state index contributed by atoms with van der Waals surface area (Å²) in [5, 5.41) is 3.10. The Hall–Kier alpha value is -3.12. The maximum atomic E-state index is 13.7. The molecule has 2 atom stereocenters. The van der Waals surface area contributed by atoms with Gasteiger partial charge in [0.1, 0.15) is 11.8 Å². The van der Waals surface area contributed by atoms with Gasteiger partial charge < -0.3 is 15.0 Å². The maximum absolute atomic E-state index is 13.7. The molecular formula is C31H37BrN2O3. The highest BCUT2D eigenvalue weighted by molar-refractivity contribution is 9.10. The zero-order valence-electron chi connectivity index (χ0n) is 22.2. The van der Waals surface area contributed by atoms with Gasteiger partial charge in [0.2, 0.25) is 5.91 Å². The summed E-state index contributed by atoms with van der Waals surface area (Å²) in [7, 11) is 0. The first-order valence-corrected chi connectivity index (χ1v) is 13.7. The highest BCUT2D eigenvalue weighted by atomic mass is 79.9. The summed E-state index contributed by atoms with van der Waals surface area (Å²) >= 11 is 3.55. The number of carbonyl (C=O) groups excluding carboxylic acids is 2. The monoisotopic (exact) mass is 564 g/mol. The molecule has 0 aromatic heterocycles. The molecule has 0 saturated carbocycles. The Morgan fingerprint density at radius 2 is 1.68 bits per heavy atom. The van der Waals surface area contributed by atoms with Crippen LogP contribution in [0.5, 0.6) is 5.75 Å². The van der Waals surface area contributed by atoms with Crippen molar-refractivity contribution in [3.05, 3.63) is 99.5 Å². The van der Waals surface area contributed by atoms with Gasteiger partial charge in [-0.15, -0.1) is 0 Å². The summed E-state index contributed by atoms with van der Waals surface area (Å²) in [6.07, 6.45) is 2.13. The molecule has 0 aliphatic heterocycles. The molecule has 0 bridgehead atoms. The predicted molar refractivity (Wildman–Crippen MR) is 153 cm³/mol. The minimum Gasteiger partial charge on any atom is -0.483 e. The van der Waals surface area contributed by atoms with Crippen LogP contribution in [0.3, 0.4) is 0 Å². The molecule has 3 aromatic rings. The van der Waals surface area contributed by atoms with Crippen molar-refractivity contribution >= 4 is 27.7 Å². The SMILES string of the molecule is CCc1ccc(OCC(=O)N(Cc2cccc(C)c2)[C@H](Cc2ccccc2)C(=O)N[C@H](C)CC)c(Br)c1. The number of ether oxygens (including phenoxy) is 1. The Balaban J connectivity index is 1.92. The highest BCUT2D eigenvalue weighted by Gasteiger charge is 2.31. The third kappa shape index (κ3) is 8.46. The molecule has 0 radical (unpaired) electrons. The number of aryl methyl sites for hydroxylation is 2. The van der Waals surface area contributed by atoms with Gasteiger partial charge in [-0.2, -0.15) is 0 Å². The second-order valence-electron chi connectivity index (χ2n) is 9.44. The molecule has 0 unspecified atom stereocenters. The first-order valence-electron chi connectivity index (χ1n) is 12.9. The third-order valence-corrected chi connectivity index (χ3v) is 7.08. The van der Waals surface area contributed by atoms with E-state index in [1.165, 1.54) is 5.56 Å². The number of amides is 2. The van der Waals surface area contributed by atoms with Crippen LogP contribution in [-0.2, 0) is 29.0 Å². The number of nitrogens with zero attached hydrogens (tertiary/aromatic N) is 1. The Bertz CT molecular complexity index is 1180. The van der Waals surface area contributed by atoms with Crippen molar-refractivity contribution in [3.8, 4) is 5.75 Å². The van der Waals surface area contributed by atoms with E-state index in [1.807, 2.05) is 93.6 Å². The van der Waals surface area contributed by atoms with Gasteiger partial charge in [0, 0.05) is 19.0 Å². The van der Waals surface area contributed by atoms with Gasteiger partial charge in [-0.25, -0.2) is 0 Å². The fraction of sp³-hybridized carbons (Fsp3) is 0.355. The van der Waals surface area contributed by atoms with Gasteiger partial charge in [0.25, 0.3) is 5.91 Å². The molecule has 3 rings (SSSR count). The fourth-order valence-corrected chi connectivity index (χ4v) is 4.65. The lowest BCUT2D eigenvalue weighted by Gasteiger charge is -2.32. The first-order chi connectivity index (χ1) is 17.8. The number of hydrogen-bond donors (Lipinski definition) is 1. The summed E-state index contributed by atoms with van der Waals surface area (Å²) < 4.78 is 6.76. The molecule has 2 amide bonds. The van der Waals surface area contributed by atoms with E-state index in [4.69, 9.17) is 4.74 Å². The summed E-state index contributed by atoms with van der Waals surface area (Å²) in [5.41, 5.74) is 4.24. The molecule has 0 spiro atoms. The quantitative estimate of drug-likeness (QED) is 0.282. The second kappa shape index (κ2) is 14.0.